The molecule has 1 aliphatic carbocycles. The molecule has 0 spiro atoms. The zero-order valence-electron chi connectivity index (χ0n) is 11.6. The van der Waals surface area contributed by atoms with Crippen molar-refractivity contribution in [3.8, 4) is 0 Å². The largest absolute Gasteiger partial charge is 0.493 e. The molecule has 1 N–H and O–H groups in total. The number of likely N-dealkylation sites (tertiary alicyclic amines) is 1. The molecule has 0 radical (unpaired) electrons. The van der Waals surface area contributed by atoms with Gasteiger partial charge >= 0.3 is 5.97 Å². The third kappa shape index (κ3) is 3.83. The minimum absolute atomic E-state index is 0.498. The topological polar surface area (TPSA) is 49.8 Å². The Labute approximate surface area is 114 Å². The molecule has 1 unspecified atom stereocenters. The van der Waals surface area contributed by atoms with E-state index in [4.69, 9.17) is 9.84 Å². The van der Waals surface area contributed by atoms with E-state index in [1.807, 2.05) is 6.08 Å². The van der Waals surface area contributed by atoms with Crippen LogP contribution in [-0.2, 0) is 9.53 Å². The lowest BCUT2D eigenvalue weighted by atomic mass is 9.83. The summed E-state index contributed by atoms with van der Waals surface area (Å²) in [6, 6.07) is 0. The van der Waals surface area contributed by atoms with Gasteiger partial charge in [0.1, 0.15) is 12.4 Å². The first-order valence-electron chi connectivity index (χ1n) is 7.08. The molecule has 1 saturated heterocycles. The quantitative estimate of drug-likeness (QED) is 0.829. The molecule has 1 atom stereocenters. The van der Waals surface area contributed by atoms with Gasteiger partial charge in [0, 0.05) is 6.54 Å². The van der Waals surface area contributed by atoms with Crippen molar-refractivity contribution in [2.75, 3.05) is 26.2 Å². The van der Waals surface area contributed by atoms with Gasteiger partial charge in [-0.05, 0) is 51.4 Å². The van der Waals surface area contributed by atoms with Gasteiger partial charge in [0.15, 0.2) is 0 Å². The number of rotatable bonds is 5. The van der Waals surface area contributed by atoms with Crippen LogP contribution in [0.5, 0.6) is 0 Å². The maximum absolute atomic E-state index is 11.1. The highest BCUT2D eigenvalue weighted by Gasteiger charge is 2.31. The number of piperidine rings is 1. The van der Waals surface area contributed by atoms with Crippen molar-refractivity contribution >= 4 is 5.97 Å². The molecule has 1 aliphatic heterocycles. The van der Waals surface area contributed by atoms with Crippen LogP contribution in [0.3, 0.4) is 0 Å². The maximum Gasteiger partial charge on any atom is 0.313 e. The van der Waals surface area contributed by atoms with E-state index in [0.29, 0.717) is 13.0 Å². The van der Waals surface area contributed by atoms with Crippen LogP contribution >= 0.6 is 0 Å². The molecule has 0 bridgehead atoms. The molecular formula is C15H23NO3. The minimum Gasteiger partial charge on any atom is -0.493 e. The van der Waals surface area contributed by atoms with Crippen molar-refractivity contribution in [1.29, 1.82) is 0 Å². The first-order chi connectivity index (χ1) is 9.10. The summed E-state index contributed by atoms with van der Waals surface area (Å²) < 4.78 is 5.70. The molecule has 106 valence electrons. The fraction of sp³-hybridized carbons (Fsp3) is 0.667. The highest BCUT2D eigenvalue weighted by molar-refractivity contribution is 5.77. The van der Waals surface area contributed by atoms with E-state index < -0.39 is 11.4 Å². The predicted octanol–water partition coefficient (Wildman–Crippen LogP) is 2.42. The Bertz CT molecular complexity index is 383. The predicted molar refractivity (Wildman–Crippen MR) is 73.8 cm³/mol. The van der Waals surface area contributed by atoms with Gasteiger partial charge in [-0.3, -0.25) is 9.69 Å². The molecule has 1 fully saturated rings. The van der Waals surface area contributed by atoms with Crippen LogP contribution in [-0.4, -0.2) is 42.2 Å². The number of ether oxygens (including phenoxy) is 1. The molecule has 0 aromatic heterocycles. The van der Waals surface area contributed by atoms with Crippen molar-refractivity contribution in [2.45, 2.75) is 32.6 Å². The summed E-state index contributed by atoms with van der Waals surface area (Å²) in [5.41, 5.74) is -0.778. The SMILES string of the molecule is CC1(C(=O)O)C=CC(OCCN2CCCCC2)=CC1. The van der Waals surface area contributed by atoms with Crippen molar-refractivity contribution in [2.24, 2.45) is 5.41 Å². The van der Waals surface area contributed by atoms with Gasteiger partial charge in [-0.15, -0.1) is 0 Å². The van der Waals surface area contributed by atoms with E-state index >= 15 is 0 Å². The molecule has 4 nitrogen and oxygen atoms in total. The number of hydrogen-bond donors (Lipinski definition) is 1. The Morgan fingerprint density at radius 1 is 1.42 bits per heavy atom. The monoisotopic (exact) mass is 265 g/mol. The lowest BCUT2D eigenvalue weighted by Gasteiger charge is -2.27. The van der Waals surface area contributed by atoms with E-state index in [-0.39, 0.29) is 0 Å². The molecular weight excluding hydrogens is 242 g/mol. The molecule has 2 aliphatic rings. The van der Waals surface area contributed by atoms with E-state index in [9.17, 15) is 4.79 Å². The van der Waals surface area contributed by atoms with Crippen molar-refractivity contribution in [1.82, 2.24) is 4.90 Å². The van der Waals surface area contributed by atoms with E-state index in [1.165, 1.54) is 32.4 Å². The first-order valence-corrected chi connectivity index (χ1v) is 7.08. The average Bonchev–Trinajstić information content (AvgIpc) is 2.42. The van der Waals surface area contributed by atoms with Crippen LogP contribution in [0.15, 0.2) is 24.0 Å². The lowest BCUT2D eigenvalue weighted by Crippen LogP contribution is -2.32. The van der Waals surface area contributed by atoms with Crippen LogP contribution in [0.1, 0.15) is 32.6 Å². The van der Waals surface area contributed by atoms with Gasteiger partial charge < -0.3 is 9.84 Å². The Morgan fingerprint density at radius 3 is 2.74 bits per heavy atom. The fourth-order valence-electron chi connectivity index (χ4n) is 2.46. The third-order valence-corrected chi connectivity index (χ3v) is 3.96. The number of hydrogen-bond acceptors (Lipinski definition) is 3. The summed E-state index contributed by atoms with van der Waals surface area (Å²) in [6.07, 6.45) is 9.82. The standard InChI is InChI=1S/C15H23NO3/c1-15(14(17)18)7-5-13(6-8-15)19-12-11-16-9-3-2-4-10-16/h5-7H,2-4,8-12H2,1H3,(H,17,18). The van der Waals surface area contributed by atoms with Crippen LogP contribution in [0.4, 0.5) is 0 Å². The summed E-state index contributed by atoms with van der Waals surface area (Å²) in [5, 5.41) is 9.10. The summed E-state index contributed by atoms with van der Waals surface area (Å²) >= 11 is 0. The van der Waals surface area contributed by atoms with E-state index in [0.717, 1.165) is 12.3 Å². The van der Waals surface area contributed by atoms with Gasteiger partial charge in [0.25, 0.3) is 0 Å². The number of aliphatic carboxylic acids is 1. The minimum atomic E-state index is -0.785. The molecule has 0 aromatic rings. The van der Waals surface area contributed by atoms with Crippen LogP contribution in [0, 0.1) is 5.41 Å². The van der Waals surface area contributed by atoms with Gasteiger partial charge in [-0.1, -0.05) is 12.5 Å². The Kier molecular flexibility index (Phi) is 4.64. The van der Waals surface area contributed by atoms with Crippen LogP contribution in [0.25, 0.3) is 0 Å². The summed E-state index contributed by atoms with van der Waals surface area (Å²) in [6.45, 7) is 5.72. The molecule has 2 rings (SSSR count). The number of carbonyl (C=O) groups is 1. The molecule has 19 heavy (non-hydrogen) atoms. The van der Waals surface area contributed by atoms with Gasteiger partial charge in [0.05, 0.1) is 5.41 Å². The van der Waals surface area contributed by atoms with Gasteiger partial charge in [-0.25, -0.2) is 0 Å². The third-order valence-electron chi connectivity index (χ3n) is 3.96. The van der Waals surface area contributed by atoms with Crippen LogP contribution < -0.4 is 0 Å². The second kappa shape index (κ2) is 6.24. The van der Waals surface area contributed by atoms with Gasteiger partial charge in [-0.2, -0.15) is 0 Å². The fourth-order valence-corrected chi connectivity index (χ4v) is 2.46. The molecule has 1 heterocycles. The number of carboxylic acid groups (broad SMARTS) is 1. The smallest absolute Gasteiger partial charge is 0.313 e. The highest BCUT2D eigenvalue weighted by atomic mass is 16.5. The number of carboxylic acids is 1. The Balaban J connectivity index is 1.72. The number of nitrogens with zero attached hydrogens (tertiary/aromatic N) is 1. The Hall–Kier alpha value is -1.29. The second-order valence-corrected chi connectivity index (χ2v) is 5.62. The first kappa shape index (κ1) is 14.1. The molecule has 4 heteroatoms. The summed E-state index contributed by atoms with van der Waals surface area (Å²) in [4.78, 5) is 13.5. The van der Waals surface area contributed by atoms with Crippen LogP contribution in [0.2, 0.25) is 0 Å². The van der Waals surface area contributed by atoms with Crippen molar-refractivity contribution < 1.29 is 14.6 Å². The van der Waals surface area contributed by atoms with Gasteiger partial charge in [0.2, 0.25) is 0 Å². The number of allylic oxidation sites excluding steroid dienone is 2. The van der Waals surface area contributed by atoms with Crippen molar-refractivity contribution in [3.05, 3.63) is 24.0 Å². The highest BCUT2D eigenvalue weighted by Crippen LogP contribution is 2.29. The van der Waals surface area contributed by atoms with E-state index in [1.54, 1.807) is 19.1 Å². The normalized spacial score (nSPS) is 27.9. The Morgan fingerprint density at radius 2 is 2.16 bits per heavy atom. The summed E-state index contributed by atoms with van der Waals surface area (Å²) in [7, 11) is 0. The summed E-state index contributed by atoms with van der Waals surface area (Å²) in [5.74, 6) is 0.0168. The zero-order chi connectivity index (χ0) is 13.7. The lowest BCUT2D eigenvalue weighted by molar-refractivity contribution is -0.145. The molecule has 0 amide bonds. The molecule has 0 aromatic carbocycles. The van der Waals surface area contributed by atoms with Crippen molar-refractivity contribution in [3.63, 3.8) is 0 Å². The van der Waals surface area contributed by atoms with E-state index in [2.05, 4.69) is 4.90 Å². The average molecular weight is 265 g/mol. The zero-order valence-corrected chi connectivity index (χ0v) is 11.6. The second-order valence-electron chi connectivity index (χ2n) is 5.62. The molecule has 0 saturated carbocycles. The maximum atomic E-state index is 11.1.